The van der Waals surface area contributed by atoms with Crippen LogP contribution in [0, 0.1) is 5.82 Å². The summed E-state index contributed by atoms with van der Waals surface area (Å²) in [7, 11) is 0. The molecule has 1 atom stereocenters. The lowest BCUT2D eigenvalue weighted by Gasteiger charge is -2.35. The Morgan fingerprint density at radius 1 is 1.14 bits per heavy atom. The van der Waals surface area contributed by atoms with Crippen molar-refractivity contribution in [1.82, 2.24) is 15.6 Å². The van der Waals surface area contributed by atoms with Gasteiger partial charge in [0.05, 0.1) is 5.56 Å². The third kappa shape index (κ3) is 4.60. The summed E-state index contributed by atoms with van der Waals surface area (Å²) >= 11 is 0. The number of pyridine rings is 1. The third-order valence-electron chi connectivity index (χ3n) is 5.05. The highest BCUT2D eigenvalue weighted by Crippen LogP contribution is 2.24. The van der Waals surface area contributed by atoms with Gasteiger partial charge in [0.2, 0.25) is 0 Å². The molecule has 0 bridgehead atoms. The van der Waals surface area contributed by atoms with Crippen molar-refractivity contribution in [1.29, 1.82) is 0 Å². The molecule has 0 radical (unpaired) electrons. The second-order valence-electron chi connectivity index (χ2n) is 7.05. The monoisotopic (exact) mass is 390 g/mol. The van der Waals surface area contributed by atoms with E-state index < -0.39 is 0 Å². The number of nitrogens with one attached hydrogen (secondary N) is 2. The molecular formula is C23H23FN4O. The predicted octanol–water partition coefficient (Wildman–Crippen LogP) is 3.30. The highest BCUT2D eigenvalue weighted by Gasteiger charge is 2.25. The number of piperazine rings is 1. The molecule has 148 valence electrons. The molecular weight excluding hydrogens is 367 g/mol. The number of carbonyl (C=O) groups excluding carboxylic acids is 1. The van der Waals surface area contributed by atoms with Crippen LogP contribution < -0.4 is 15.5 Å². The summed E-state index contributed by atoms with van der Waals surface area (Å²) in [5.41, 5.74) is 2.46. The maximum absolute atomic E-state index is 13.4. The van der Waals surface area contributed by atoms with E-state index in [4.69, 9.17) is 0 Å². The Kier molecular flexibility index (Phi) is 5.81. The molecule has 0 saturated carbocycles. The molecule has 6 heteroatoms. The van der Waals surface area contributed by atoms with Crippen molar-refractivity contribution in [2.75, 3.05) is 24.5 Å². The van der Waals surface area contributed by atoms with Crippen LogP contribution in [0.5, 0.6) is 0 Å². The second kappa shape index (κ2) is 8.84. The number of benzene rings is 2. The van der Waals surface area contributed by atoms with E-state index in [2.05, 4.69) is 32.7 Å². The molecule has 1 aromatic heterocycles. The molecule has 29 heavy (non-hydrogen) atoms. The van der Waals surface area contributed by atoms with Crippen LogP contribution in [0.25, 0.3) is 0 Å². The lowest BCUT2D eigenvalue weighted by Crippen LogP contribution is -2.46. The van der Waals surface area contributed by atoms with E-state index in [1.165, 1.54) is 17.7 Å². The van der Waals surface area contributed by atoms with Gasteiger partial charge < -0.3 is 15.5 Å². The van der Waals surface area contributed by atoms with Gasteiger partial charge in [0.15, 0.2) is 0 Å². The van der Waals surface area contributed by atoms with E-state index >= 15 is 0 Å². The Morgan fingerprint density at radius 3 is 2.83 bits per heavy atom. The minimum Gasteiger partial charge on any atom is -0.353 e. The van der Waals surface area contributed by atoms with Crippen LogP contribution in [0.2, 0.25) is 0 Å². The van der Waals surface area contributed by atoms with Crippen LogP contribution in [0.15, 0.2) is 72.9 Å². The summed E-state index contributed by atoms with van der Waals surface area (Å²) in [6.07, 6.45) is 1.71. The molecule has 1 saturated heterocycles. The first-order valence-corrected chi connectivity index (χ1v) is 9.71. The van der Waals surface area contributed by atoms with Crippen molar-refractivity contribution in [3.63, 3.8) is 0 Å². The van der Waals surface area contributed by atoms with Gasteiger partial charge in [0, 0.05) is 38.4 Å². The molecule has 5 nitrogen and oxygen atoms in total. The lowest BCUT2D eigenvalue weighted by atomic mass is 10.0. The second-order valence-corrected chi connectivity index (χ2v) is 7.05. The van der Waals surface area contributed by atoms with Gasteiger partial charge in [-0.15, -0.1) is 0 Å². The topological polar surface area (TPSA) is 57.3 Å². The fraction of sp³-hybridized carbons (Fsp3) is 0.217. The van der Waals surface area contributed by atoms with Crippen molar-refractivity contribution >= 4 is 11.7 Å². The van der Waals surface area contributed by atoms with Crippen molar-refractivity contribution in [3.05, 3.63) is 95.4 Å². The zero-order valence-corrected chi connectivity index (χ0v) is 16.0. The molecule has 2 aromatic carbocycles. The zero-order chi connectivity index (χ0) is 20.1. The summed E-state index contributed by atoms with van der Waals surface area (Å²) in [6.45, 7) is 2.56. The van der Waals surface area contributed by atoms with Gasteiger partial charge in [-0.05, 0) is 35.4 Å². The number of amides is 1. The summed E-state index contributed by atoms with van der Waals surface area (Å²) < 4.78 is 13.4. The summed E-state index contributed by atoms with van der Waals surface area (Å²) in [4.78, 5) is 19.5. The van der Waals surface area contributed by atoms with E-state index in [9.17, 15) is 9.18 Å². The average Bonchev–Trinajstić information content (AvgIpc) is 2.78. The number of halogens is 1. The number of aromatic nitrogens is 1. The van der Waals surface area contributed by atoms with Crippen molar-refractivity contribution in [2.45, 2.75) is 12.6 Å². The van der Waals surface area contributed by atoms with Gasteiger partial charge in [-0.1, -0.05) is 42.5 Å². The highest BCUT2D eigenvalue weighted by molar-refractivity contribution is 5.98. The number of rotatable bonds is 5. The maximum atomic E-state index is 13.4. The van der Waals surface area contributed by atoms with Crippen molar-refractivity contribution in [3.8, 4) is 0 Å². The Balaban J connectivity index is 1.49. The van der Waals surface area contributed by atoms with Gasteiger partial charge in [0.1, 0.15) is 11.6 Å². The molecule has 2 N–H and O–H groups in total. The smallest absolute Gasteiger partial charge is 0.255 e. The van der Waals surface area contributed by atoms with Crippen LogP contribution in [0.4, 0.5) is 10.2 Å². The zero-order valence-electron chi connectivity index (χ0n) is 16.0. The molecule has 1 aliphatic heterocycles. The molecule has 2 heterocycles. The number of nitrogens with zero attached hydrogens (tertiary/aromatic N) is 2. The SMILES string of the molecule is O=C(NCc1cccc(F)c1)c1cccnc1N1CCN[C@@H](c2ccccc2)C1. The number of hydrogen-bond donors (Lipinski definition) is 2. The predicted molar refractivity (Wildman–Crippen MR) is 111 cm³/mol. The van der Waals surface area contributed by atoms with E-state index in [1.54, 1.807) is 30.5 Å². The van der Waals surface area contributed by atoms with Gasteiger partial charge in [-0.25, -0.2) is 9.37 Å². The van der Waals surface area contributed by atoms with Gasteiger partial charge >= 0.3 is 0 Å². The highest BCUT2D eigenvalue weighted by atomic mass is 19.1. The van der Waals surface area contributed by atoms with Crippen molar-refractivity contribution in [2.24, 2.45) is 0 Å². The van der Waals surface area contributed by atoms with Crippen LogP contribution in [0.1, 0.15) is 27.5 Å². The summed E-state index contributed by atoms with van der Waals surface area (Å²) in [6, 6.07) is 20.2. The quantitative estimate of drug-likeness (QED) is 0.702. The fourth-order valence-corrected chi connectivity index (χ4v) is 3.60. The number of hydrogen-bond acceptors (Lipinski definition) is 4. The molecule has 1 amide bonds. The Morgan fingerprint density at radius 2 is 2.00 bits per heavy atom. The van der Waals surface area contributed by atoms with E-state index in [0.717, 1.165) is 25.2 Å². The Bertz CT molecular complexity index is 979. The van der Waals surface area contributed by atoms with Gasteiger partial charge in [0.25, 0.3) is 5.91 Å². The first kappa shape index (κ1) is 19.1. The van der Waals surface area contributed by atoms with Gasteiger partial charge in [-0.3, -0.25) is 4.79 Å². The van der Waals surface area contributed by atoms with E-state index in [-0.39, 0.29) is 24.3 Å². The minimum atomic E-state index is -0.313. The summed E-state index contributed by atoms with van der Waals surface area (Å²) in [5.74, 6) is 0.144. The Hall–Kier alpha value is -3.25. The average molecular weight is 390 g/mol. The standard InChI is InChI=1S/C23H23FN4O/c24-19-9-4-6-17(14-19)15-27-23(29)20-10-5-11-26-22(20)28-13-12-25-21(16-28)18-7-2-1-3-8-18/h1-11,14,21,25H,12-13,15-16H2,(H,27,29)/t21-/m1/s1. The minimum absolute atomic E-state index is 0.176. The van der Waals surface area contributed by atoms with E-state index in [1.807, 2.05) is 18.2 Å². The fourth-order valence-electron chi connectivity index (χ4n) is 3.60. The van der Waals surface area contributed by atoms with Crippen LogP contribution in [-0.2, 0) is 6.54 Å². The number of anilines is 1. The van der Waals surface area contributed by atoms with E-state index in [0.29, 0.717) is 11.4 Å². The maximum Gasteiger partial charge on any atom is 0.255 e. The molecule has 1 fully saturated rings. The molecule has 0 unspecified atom stereocenters. The van der Waals surface area contributed by atoms with Crippen LogP contribution in [-0.4, -0.2) is 30.5 Å². The normalized spacial score (nSPS) is 16.4. The Labute approximate surface area is 169 Å². The first-order valence-electron chi connectivity index (χ1n) is 9.71. The summed E-state index contributed by atoms with van der Waals surface area (Å²) in [5, 5.41) is 6.41. The van der Waals surface area contributed by atoms with Crippen LogP contribution in [0.3, 0.4) is 0 Å². The third-order valence-corrected chi connectivity index (χ3v) is 5.05. The lowest BCUT2D eigenvalue weighted by molar-refractivity contribution is 0.0951. The molecule has 3 aromatic rings. The first-order chi connectivity index (χ1) is 14.2. The largest absolute Gasteiger partial charge is 0.353 e. The molecule has 1 aliphatic rings. The molecule has 0 spiro atoms. The van der Waals surface area contributed by atoms with Crippen LogP contribution >= 0.6 is 0 Å². The molecule has 4 rings (SSSR count). The van der Waals surface area contributed by atoms with Crippen molar-refractivity contribution < 1.29 is 9.18 Å². The number of carbonyl (C=O) groups is 1. The van der Waals surface area contributed by atoms with Gasteiger partial charge in [-0.2, -0.15) is 0 Å². The molecule has 0 aliphatic carbocycles.